The fourth-order valence-corrected chi connectivity index (χ4v) is 2.87. The molecule has 0 aliphatic carbocycles. The van der Waals surface area contributed by atoms with Gasteiger partial charge in [-0.3, -0.25) is 5.43 Å². The van der Waals surface area contributed by atoms with Gasteiger partial charge < -0.3 is 0 Å². The zero-order chi connectivity index (χ0) is 17.1. The number of aryl methyl sites for hydroxylation is 1. The molecule has 3 aromatic rings. The molecule has 1 heterocycles. The van der Waals surface area contributed by atoms with Crippen LogP contribution >= 0.6 is 34.8 Å². The molecule has 0 unspecified atom stereocenters. The van der Waals surface area contributed by atoms with E-state index in [9.17, 15) is 0 Å². The van der Waals surface area contributed by atoms with Crippen molar-refractivity contribution in [2.45, 2.75) is 6.92 Å². The molecule has 1 N–H and O–H groups in total. The molecule has 24 heavy (non-hydrogen) atoms. The summed E-state index contributed by atoms with van der Waals surface area (Å²) in [5, 5.41) is 10.2. The van der Waals surface area contributed by atoms with E-state index >= 15 is 0 Å². The summed E-state index contributed by atoms with van der Waals surface area (Å²) in [5.74, 6) is 0. The van der Waals surface area contributed by atoms with Gasteiger partial charge in [0.1, 0.15) is 5.15 Å². The molecule has 0 aliphatic rings. The molecule has 0 saturated carbocycles. The number of hydrazone groups is 1. The smallest absolute Gasteiger partial charge is 0.142 e. The first-order chi connectivity index (χ1) is 11.6. The molecule has 0 atom stereocenters. The van der Waals surface area contributed by atoms with Crippen LogP contribution in [0.25, 0.3) is 5.69 Å². The summed E-state index contributed by atoms with van der Waals surface area (Å²) >= 11 is 18.7. The molecule has 0 spiro atoms. The van der Waals surface area contributed by atoms with Crippen LogP contribution in [0.5, 0.6) is 0 Å². The molecule has 0 fully saturated rings. The van der Waals surface area contributed by atoms with Crippen molar-refractivity contribution in [3.05, 3.63) is 75.0 Å². The molecule has 122 valence electrons. The maximum atomic E-state index is 6.45. The summed E-state index contributed by atoms with van der Waals surface area (Å²) < 4.78 is 1.59. The van der Waals surface area contributed by atoms with Gasteiger partial charge in [-0.15, -0.1) is 0 Å². The molecule has 0 amide bonds. The second-order valence-electron chi connectivity index (χ2n) is 5.00. The molecule has 0 bridgehead atoms. The van der Waals surface area contributed by atoms with E-state index in [4.69, 9.17) is 34.8 Å². The van der Waals surface area contributed by atoms with Gasteiger partial charge in [0.2, 0.25) is 0 Å². The molecule has 0 aliphatic heterocycles. The van der Waals surface area contributed by atoms with Crippen molar-refractivity contribution in [1.29, 1.82) is 0 Å². The largest absolute Gasteiger partial charge is 0.277 e. The predicted molar refractivity (Wildman–Crippen MR) is 101 cm³/mol. The van der Waals surface area contributed by atoms with Gasteiger partial charge in [0, 0.05) is 0 Å². The molecular weight excluding hydrogens is 367 g/mol. The fraction of sp³-hybridized carbons (Fsp3) is 0.0588. The number of hydrogen-bond donors (Lipinski definition) is 1. The molecule has 4 nitrogen and oxygen atoms in total. The van der Waals surface area contributed by atoms with Gasteiger partial charge in [-0.1, -0.05) is 59.1 Å². The molecule has 7 heteroatoms. The van der Waals surface area contributed by atoms with Crippen molar-refractivity contribution in [3.8, 4) is 5.69 Å². The molecule has 0 radical (unpaired) electrons. The Morgan fingerprint density at radius 1 is 1.00 bits per heavy atom. The summed E-state index contributed by atoms with van der Waals surface area (Å²) in [5.41, 5.74) is 5.76. The van der Waals surface area contributed by atoms with Crippen LogP contribution in [0.1, 0.15) is 11.3 Å². The minimum Gasteiger partial charge on any atom is -0.277 e. The number of hydrogen-bond acceptors (Lipinski definition) is 3. The van der Waals surface area contributed by atoms with Crippen LogP contribution < -0.4 is 5.43 Å². The lowest BCUT2D eigenvalue weighted by molar-refractivity contribution is 0.863. The molecular formula is C17H13Cl3N4. The number of benzene rings is 2. The summed E-state index contributed by atoms with van der Waals surface area (Å²) in [6.45, 7) is 1.86. The highest BCUT2D eigenvalue weighted by molar-refractivity contribution is 6.34. The van der Waals surface area contributed by atoms with Crippen molar-refractivity contribution < 1.29 is 0 Å². The van der Waals surface area contributed by atoms with Crippen LogP contribution in [0, 0.1) is 6.92 Å². The van der Waals surface area contributed by atoms with E-state index in [1.807, 2.05) is 43.3 Å². The fourth-order valence-electron chi connectivity index (χ4n) is 2.16. The minimum atomic E-state index is 0.435. The lowest BCUT2D eigenvalue weighted by Gasteiger charge is -2.05. The molecule has 3 rings (SSSR count). The van der Waals surface area contributed by atoms with Gasteiger partial charge in [-0.05, 0) is 31.2 Å². The maximum Gasteiger partial charge on any atom is 0.142 e. The highest BCUT2D eigenvalue weighted by atomic mass is 35.5. The Morgan fingerprint density at radius 2 is 1.67 bits per heavy atom. The van der Waals surface area contributed by atoms with E-state index in [2.05, 4.69) is 15.6 Å². The van der Waals surface area contributed by atoms with E-state index in [0.717, 1.165) is 5.69 Å². The van der Waals surface area contributed by atoms with Crippen molar-refractivity contribution in [1.82, 2.24) is 9.78 Å². The first-order valence-electron chi connectivity index (χ1n) is 7.11. The lowest BCUT2D eigenvalue weighted by Crippen LogP contribution is -1.97. The number of para-hydroxylation sites is 2. The number of anilines is 1. The summed E-state index contributed by atoms with van der Waals surface area (Å²) in [7, 11) is 0. The van der Waals surface area contributed by atoms with Crippen LogP contribution in [0.3, 0.4) is 0 Å². The first-order valence-corrected chi connectivity index (χ1v) is 8.25. The Morgan fingerprint density at radius 3 is 2.38 bits per heavy atom. The Labute approximate surface area is 154 Å². The second kappa shape index (κ2) is 7.26. The Balaban J connectivity index is 1.89. The van der Waals surface area contributed by atoms with Crippen LogP contribution in [0.2, 0.25) is 15.2 Å². The van der Waals surface area contributed by atoms with E-state index < -0.39 is 0 Å². The van der Waals surface area contributed by atoms with Gasteiger partial charge in [-0.2, -0.15) is 10.2 Å². The van der Waals surface area contributed by atoms with E-state index in [1.165, 1.54) is 0 Å². The van der Waals surface area contributed by atoms with Gasteiger partial charge in [-0.25, -0.2) is 4.68 Å². The average Bonchev–Trinajstić information content (AvgIpc) is 2.85. The highest BCUT2D eigenvalue weighted by Crippen LogP contribution is 2.27. The van der Waals surface area contributed by atoms with Crippen molar-refractivity contribution in [2.24, 2.45) is 5.10 Å². The molecule has 0 saturated heterocycles. The Kier molecular flexibility index (Phi) is 5.09. The number of nitrogens with one attached hydrogen (secondary N) is 1. The van der Waals surface area contributed by atoms with Crippen molar-refractivity contribution >= 4 is 46.7 Å². The van der Waals surface area contributed by atoms with Crippen molar-refractivity contribution in [2.75, 3.05) is 5.43 Å². The third-order valence-corrected chi connectivity index (χ3v) is 4.39. The summed E-state index contributed by atoms with van der Waals surface area (Å²) in [4.78, 5) is 0. The number of aromatic nitrogens is 2. The number of rotatable bonds is 4. The second-order valence-corrected chi connectivity index (χ2v) is 6.18. The number of halogens is 3. The third-order valence-electron chi connectivity index (χ3n) is 3.38. The highest BCUT2D eigenvalue weighted by Gasteiger charge is 2.14. The van der Waals surface area contributed by atoms with Crippen LogP contribution in [-0.4, -0.2) is 16.0 Å². The zero-order valence-corrected chi connectivity index (χ0v) is 14.9. The van der Waals surface area contributed by atoms with Gasteiger partial charge >= 0.3 is 0 Å². The summed E-state index contributed by atoms with van der Waals surface area (Å²) in [6.07, 6.45) is 1.61. The van der Waals surface area contributed by atoms with E-state index in [0.29, 0.717) is 32.1 Å². The average molecular weight is 380 g/mol. The Bertz CT molecular complexity index is 903. The summed E-state index contributed by atoms with van der Waals surface area (Å²) in [6, 6.07) is 14.7. The molecule has 2 aromatic carbocycles. The number of nitrogens with zero attached hydrogens (tertiary/aromatic N) is 3. The molecule has 1 aromatic heterocycles. The van der Waals surface area contributed by atoms with E-state index in [1.54, 1.807) is 23.0 Å². The minimum absolute atomic E-state index is 0.435. The predicted octanol–water partition coefficient (Wildman–Crippen LogP) is 5.59. The van der Waals surface area contributed by atoms with Gasteiger partial charge in [0.25, 0.3) is 0 Å². The standard InChI is InChI=1S/C17H13Cl3N4/c1-11-12(10-21-22-15-8-4-2-6-13(15)18)17(20)24(23-11)16-9-5-3-7-14(16)19/h2-10,22H,1H3/b21-10-. The lowest BCUT2D eigenvalue weighted by atomic mass is 10.3. The third kappa shape index (κ3) is 3.41. The SMILES string of the molecule is Cc1nn(-c2ccccc2Cl)c(Cl)c1/C=N\Nc1ccccc1Cl. The van der Waals surface area contributed by atoms with Crippen LogP contribution in [0.15, 0.2) is 53.6 Å². The van der Waals surface area contributed by atoms with Crippen molar-refractivity contribution in [3.63, 3.8) is 0 Å². The quantitative estimate of drug-likeness (QED) is 0.474. The van der Waals surface area contributed by atoms with Crippen LogP contribution in [-0.2, 0) is 0 Å². The monoisotopic (exact) mass is 378 g/mol. The Hall–Kier alpha value is -2.01. The van der Waals surface area contributed by atoms with E-state index in [-0.39, 0.29) is 0 Å². The topological polar surface area (TPSA) is 42.2 Å². The maximum absolute atomic E-state index is 6.45. The zero-order valence-electron chi connectivity index (χ0n) is 12.7. The van der Waals surface area contributed by atoms with Gasteiger partial charge in [0.15, 0.2) is 0 Å². The van der Waals surface area contributed by atoms with Crippen LogP contribution in [0.4, 0.5) is 5.69 Å². The normalized spacial score (nSPS) is 11.2. The first kappa shape index (κ1) is 16.8. The van der Waals surface area contributed by atoms with Gasteiger partial charge in [0.05, 0.1) is 38.9 Å².